The zero-order valence-corrected chi connectivity index (χ0v) is 13.9. The number of ether oxygens (including phenoxy) is 1. The zero-order valence-electron chi connectivity index (χ0n) is 13.9. The molecule has 1 N–H and O–H groups in total. The van der Waals surface area contributed by atoms with Crippen LogP contribution in [0, 0.1) is 0 Å². The number of hydrogen-bond acceptors (Lipinski definition) is 3. The smallest absolute Gasteiger partial charge is 0.287 e. The van der Waals surface area contributed by atoms with Crippen molar-refractivity contribution in [3.63, 3.8) is 0 Å². The SMILES string of the molecule is C=CCNC(=O)c1ccc(COc2ccc(C(C)(C)C)cc2)o1. The van der Waals surface area contributed by atoms with Gasteiger partial charge in [-0.25, -0.2) is 0 Å². The van der Waals surface area contributed by atoms with Gasteiger partial charge in [0.1, 0.15) is 18.1 Å². The molecular formula is C19H23NO3. The molecule has 1 aromatic heterocycles. The Hall–Kier alpha value is -2.49. The van der Waals surface area contributed by atoms with Crippen LogP contribution in [0.3, 0.4) is 0 Å². The van der Waals surface area contributed by atoms with E-state index in [1.54, 1.807) is 18.2 Å². The number of carbonyl (C=O) groups is 1. The van der Waals surface area contributed by atoms with Gasteiger partial charge in [-0.15, -0.1) is 6.58 Å². The molecule has 4 nitrogen and oxygen atoms in total. The maximum atomic E-state index is 11.7. The quantitative estimate of drug-likeness (QED) is 0.818. The molecule has 2 aromatic rings. The van der Waals surface area contributed by atoms with Crippen LogP contribution in [0.1, 0.15) is 42.6 Å². The molecule has 0 unspecified atom stereocenters. The first kappa shape index (κ1) is 16.9. The lowest BCUT2D eigenvalue weighted by molar-refractivity contribution is 0.0926. The summed E-state index contributed by atoms with van der Waals surface area (Å²) in [6.07, 6.45) is 1.62. The summed E-state index contributed by atoms with van der Waals surface area (Å²) in [6.45, 7) is 10.8. The molecule has 0 saturated heterocycles. The minimum absolute atomic E-state index is 0.118. The van der Waals surface area contributed by atoms with Gasteiger partial charge < -0.3 is 14.5 Å². The fourth-order valence-corrected chi connectivity index (χ4v) is 2.04. The van der Waals surface area contributed by atoms with Gasteiger partial charge >= 0.3 is 0 Å². The van der Waals surface area contributed by atoms with Crippen LogP contribution in [0.15, 0.2) is 53.5 Å². The molecule has 1 heterocycles. The average Bonchev–Trinajstić information content (AvgIpc) is 2.99. The highest BCUT2D eigenvalue weighted by Gasteiger charge is 2.13. The van der Waals surface area contributed by atoms with E-state index in [9.17, 15) is 4.79 Å². The summed E-state index contributed by atoms with van der Waals surface area (Å²) in [4.78, 5) is 11.7. The molecule has 122 valence electrons. The molecule has 0 spiro atoms. The third-order valence-electron chi connectivity index (χ3n) is 3.39. The normalized spacial score (nSPS) is 11.1. The molecule has 0 atom stereocenters. The molecule has 0 aliphatic rings. The van der Waals surface area contributed by atoms with Gasteiger partial charge in [-0.1, -0.05) is 39.0 Å². The lowest BCUT2D eigenvalue weighted by Gasteiger charge is -2.19. The van der Waals surface area contributed by atoms with Crippen LogP contribution in [-0.4, -0.2) is 12.5 Å². The van der Waals surface area contributed by atoms with Gasteiger partial charge in [0, 0.05) is 6.54 Å². The second-order valence-electron chi connectivity index (χ2n) is 6.33. The molecule has 0 aliphatic carbocycles. The lowest BCUT2D eigenvalue weighted by Crippen LogP contribution is -2.22. The minimum atomic E-state index is -0.259. The fraction of sp³-hybridized carbons (Fsp3) is 0.316. The lowest BCUT2D eigenvalue weighted by atomic mass is 9.87. The van der Waals surface area contributed by atoms with E-state index in [0.29, 0.717) is 12.3 Å². The van der Waals surface area contributed by atoms with Crippen LogP contribution in [0.25, 0.3) is 0 Å². The number of rotatable bonds is 6. The Kier molecular flexibility index (Phi) is 5.27. The Bertz CT molecular complexity index is 663. The molecule has 1 amide bonds. The summed E-state index contributed by atoms with van der Waals surface area (Å²) in [6, 6.07) is 11.4. The first-order valence-electron chi connectivity index (χ1n) is 7.61. The van der Waals surface area contributed by atoms with Gasteiger partial charge in [0.2, 0.25) is 0 Å². The van der Waals surface area contributed by atoms with Crippen molar-refractivity contribution >= 4 is 5.91 Å². The van der Waals surface area contributed by atoms with Crippen LogP contribution in [0.2, 0.25) is 0 Å². The van der Waals surface area contributed by atoms with Crippen molar-refractivity contribution < 1.29 is 13.9 Å². The van der Waals surface area contributed by atoms with Crippen molar-refractivity contribution in [1.29, 1.82) is 0 Å². The van der Waals surface area contributed by atoms with E-state index in [-0.39, 0.29) is 23.7 Å². The highest BCUT2D eigenvalue weighted by atomic mass is 16.5. The molecule has 0 bridgehead atoms. The Morgan fingerprint density at radius 3 is 2.52 bits per heavy atom. The third-order valence-corrected chi connectivity index (χ3v) is 3.39. The van der Waals surface area contributed by atoms with Gasteiger partial charge in [-0.05, 0) is 35.2 Å². The van der Waals surface area contributed by atoms with Gasteiger partial charge in [-0.2, -0.15) is 0 Å². The highest BCUT2D eigenvalue weighted by molar-refractivity contribution is 5.91. The standard InChI is InChI=1S/C19H23NO3/c1-5-12-20-18(21)17-11-10-16(23-17)13-22-15-8-6-14(7-9-15)19(2,3)4/h5-11H,1,12-13H2,2-4H3,(H,20,21). The molecule has 23 heavy (non-hydrogen) atoms. The number of furan rings is 1. The Morgan fingerprint density at radius 2 is 1.91 bits per heavy atom. The van der Waals surface area contributed by atoms with Crippen molar-refractivity contribution in [3.8, 4) is 5.75 Å². The van der Waals surface area contributed by atoms with E-state index in [0.717, 1.165) is 5.75 Å². The predicted octanol–water partition coefficient (Wildman–Crippen LogP) is 4.07. The van der Waals surface area contributed by atoms with Crippen LogP contribution < -0.4 is 10.1 Å². The van der Waals surface area contributed by atoms with Crippen LogP contribution in [0.5, 0.6) is 5.75 Å². The van der Waals surface area contributed by atoms with Crippen LogP contribution in [-0.2, 0) is 12.0 Å². The molecule has 4 heteroatoms. The van der Waals surface area contributed by atoms with E-state index in [1.165, 1.54) is 5.56 Å². The number of nitrogens with one attached hydrogen (secondary N) is 1. The molecular weight excluding hydrogens is 290 g/mol. The van der Waals surface area contributed by atoms with E-state index >= 15 is 0 Å². The minimum Gasteiger partial charge on any atom is -0.486 e. The van der Waals surface area contributed by atoms with E-state index in [1.807, 2.05) is 12.1 Å². The van der Waals surface area contributed by atoms with Crippen LogP contribution in [0.4, 0.5) is 0 Å². The van der Waals surface area contributed by atoms with E-state index in [4.69, 9.17) is 9.15 Å². The maximum absolute atomic E-state index is 11.7. The van der Waals surface area contributed by atoms with Gasteiger partial charge in [-0.3, -0.25) is 4.79 Å². The van der Waals surface area contributed by atoms with Crippen LogP contribution >= 0.6 is 0 Å². The number of hydrogen-bond donors (Lipinski definition) is 1. The monoisotopic (exact) mass is 313 g/mol. The molecule has 0 radical (unpaired) electrons. The second kappa shape index (κ2) is 7.18. The first-order chi connectivity index (χ1) is 10.9. The fourth-order valence-electron chi connectivity index (χ4n) is 2.04. The van der Waals surface area contributed by atoms with Crippen molar-refractivity contribution in [3.05, 3.63) is 66.1 Å². The molecule has 0 saturated carbocycles. The molecule has 0 fully saturated rings. The Labute approximate surface area is 137 Å². The summed E-state index contributed by atoms with van der Waals surface area (Å²) in [5, 5.41) is 2.66. The summed E-state index contributed by atoms with van der Waals surface area (Å²) < 4.78 is 11.2. The first-order valence-corrected chi connectivity index (χ1v) is 7.61. The summed E-state index contributed by atoms with van der Waals surface area (Å²) in [7, 11) is 0. The maximum Gasteiger partial charge on any atom is 0.287 e. The predicted molar refractivity (Wildman–Crippen MR) is 90.7 cm³/mol. The second-order valence-corrected chi connectivity index (χ2v) is 6.33. The summed E-state index contributed by atoms with van der Waals surface area (Å²) in [5.74, 6) is 1.39. The largest absolute Gasteiger partial charge is 0.486 e. The van der Waals surface area contributed by atoms with Gasteiger partial charge in [0.25, 0.3) is 5.91 Å². The van der Waals surface area contributed by atoms with E-state index < -0.39 is 0 Å². The van der Waals surface area contributed by atoms with Crippen molar-refractivity contribution in [2.24, 2.45) is 0 Å². The van der Waals surface area contributed by atoms with Crippen molar-refractivity contribution in [2.75, 3.05) is 6.54 Å². The van der Waals surface area contributed by atoms with E-state index in [2.05, 4.69) is 44.8 Å². The van der Waals surface area contributed by atoms with Crippen molar-refractivity contribution in [2.45, 2.75) is 32.8 Å². The topological polar surface area (TPSA) is 51.5 Å². The third kappa shape index (κ3) is 4.74. The summed E-state index contributed by atoms with van der Waals surface area (Å²) in [5.41, 5.74) is 1.37. The Balaban J connectivity index is 1.92. The average molecular weight is 313 g/mol. The highest BCUT2D eigenvalue weighted by Crippen LogP contribution is 2.24. The van der Waals surface area contributed by atoms with Gasteiger partial charge in [0.05, 0.1) is 0 Å². The zero-order chi connectivity index (χ0) is 16.9. The van der Waals surface area contributed by atoms with Crippen molar-refractivity contribution in [1.82, 2.24) is 5.32 Å². The molecule has 2 rings (SSSR count). The molecule has 0 aliphatic heterocycles. The Morgan fingerprint density at radius 1 is 1.22 bits per heavy atom. The number of benzene rings is 1. The number of amides is 1. The number of carbonyl (C=O) groups excluding carboxylic acids is 1. The van der Waals surface area contributed by atoms with Gasteiger partial charge in [0.15, 0.2) is 5.76 Å². The molecule has 1 aromatic carbocycles. The summed E-state index contributed by atoms with van der Waals surface area (Å²) >= 11 is 0.